The van der Waals surface area contributed by atoms with Crippen LogP contribution in [0, 0.1) is 0 Å². The molecule has 1 saturated carbocycles. The zero-order chi connectivity index (χ0) is 30.6. The average molecular weight is 625 g/mol. The molecule has 4 rings (SSSR count). The quantitative estimate of drug-likeness (QED) is 0.166. The molecule has 3 heterocycles. The van der Waals surface area contributed by atoms with Crippen LogP contribution in [0.1, 0.15) is 58.6 Å². The molecule has 4 atom stereocenters. The van der Waals surface area contributed by atoms with Crippen LogP contribution in [0.2, 0.25) is 0 Å². The molecule has 14 nitrogen and oxygen atoms in total. The first-order valence-electron chi connectivity index (χ1n) is 13.4. The van der Waals surface area contributed by atoms with Gasteiger partial charge in [-0.2, -0.15) is 0 Å². The van der Waals surface area contributed by atoms with Crippen LogP contribution in [-0.4, -0.2) is 81.2 Å². The number of hydrogen-bond acceptors (Lipinski definition) is 14. The predicted octanol–water partition coefficient (Wildman–Crippen LogP) is 1.82. The van der Waals surface area contributed by atoms with E-state index in [-0.39, 0.29) is 29.5 Å². The van der Waals surface area contributed by atoms with Crippen LogP contribution in [0.3, 0.4) is 0 Å². The highest BCUT2D eigenvalue weighted by Gasteiger charge is 2.55. The van der Waals surface area contributed by atoms with Crippen LogP contribution in [0.15, 0.2) is 16.7 Å². The Morgan fingerprint density at radius 2 is 1.83 bits per heavy atom. The number of carbonyl (C=O) groups is 6. The number of anilines is 1. The van der Waals surface area contributed by atoms with E-state index < -0.39 is 59.5 Å². The maximum absolute atomic E-state index is 13.4. The standard InChI is InChI=1S/C26H32N4O10S2/c1-12(31)21(37-13(2)32)17-11-41-23-19(29-18(33)9-15-10-42-25(27)28-15)22(34)30(23)20(17)24(35)38-14(3)39-26(36)40-16-7-5-4-6-8-16/h10,14,16,19,21,23H,4-9,11H2,1-3H3,(H2,27,28)(H,29,33)/t14?,19-,21?,23+/m1/s1. The zero-order valence-corrected chi connectivity index (χ0v) is 24.9. The van der Waals surface area contributed by atoms with E-state index in [0.717, 1.165) is 31.1 Å². The summed E-state index contributed by atoms with van der Waals surface area (Å²) in [6.07, 6.45) is 0.121. The Morgan fingerprint density at radius 3 is 2.45 bits per heavy atom. The maximum atomic E-state index is 13.4. The van der Waals surface area contributed by atoms with Gasteiger partial charge in [-0.25, -0.2) is 14.6 Å². The lowest BCUT2D eigenvalue weighted by atomic mass is 9.98. The Bertz CT molecular complexity index is 1290. The van der Waals surface area contributed by atoms with E-state index in [0.29, 0.717) is 23.7 Å². The summed E-state index contributed by atoms with van der Waals surface area (Å²) < 4.78 is 20.9. The lowest BCUT2D eigenvalue weighted by Gasteiger charge is -2.50. The lowest BCUT2D eigenvalue weighted by molar-refractivity contribution is -0.170. The number of rotatable bonds is 10. The van der Waals surface area contributed by atoms with Gasteiger partial charge in [0.1, 0.15) is 23.2 Å². The van der Waals surface area contributed by atoms with Crippen molar-refractivity contribution in [1.82, 2.24) is 15.2 Å². The van der Waals surface area contributed by atoms with Crippen molar-refractivity contribution < 1.29 is 47.7 Å². The van der Waals surface area contributed by atoms with Gasteiger partial charge in [0.2, 0.25) is 12.2 Å². The third-order valence-corrected chi connectivity index (χ3v) is 8.76. The summed E-state index contributed by atoms with van der Waals surface area (Å²) in [7, 11) is 0. The van der Waals surface area contributed by atoms with Crippen LogP contribution in [0.4, 0.5) is 9.93 Å². The number of thioether (sulfide) groups is 1. The second-order valence-corrected chi connectivity index (χ2v) is 12.0. The van der Waals surface area contributed by atoms with Crippen LogP contribution < -0.4 is 11.1 Å². The van der Waals surface area contributed by atoms with Crippen molar-refractivity contribution in [3.05, 3.63) is 22.3 Å². The summed E-state index contributed by atoms with van der Waals surface area (Å²) in [4.78, 5) is 80.9. The Morgan fingerprint density at radius 1 is 1.12 bits per heavy atom. The van der Waals surface area contributed by atoms with E-state index in [4.69, 9.17) is 24.7 Å². The number of β-lactam (4-membered cyclic amide) rings is 1. The summed E-state index contributed by atoms with van der Waals surface area (Å²) in [5.74, 6) is -3.54. The normalized spacial score (nSPS) is 21.8. The van der Waals surface area contributed by atoms with Gasteiger partial charge < -0.3 is 30.0 Å². The number of ether oxygens (including phenoxy) is 4. The molecule has 2 amide bonds. The van der Waals surface area contributed by atoms with Crippen LogP contribution in [0.25, 0.3) is 0 Å². The van der Waals surface area contributed by atoms with E-state index in [1.165, 1.54) is 36.9 Å². The molecule has 1 aliphatic carbocycles. The number of Topliss-reactive ketones (excluding diaryl/α,β-unsaturated/α-hetero) is 1. The number of nitrogens with zero attached hydrogens (tertiary/aromatic N) is 2. The molecular weight excluding hydrogens is 592 g/mol. The van der Waals surface area contributed by atoms with Crippen molar-refractivity contribution in [2.45, 2.75) is 89.2 Å². The summed E-state index contributed by atoms with van der Waals surface area (Å²) >= 11 is 2.35. The van der Waals surface area contributed by atoms with Gasteiger partial charge in [-0.05, 0) is 32.6 Å². The molecule has 2 fully saturated rings. The molecule has 1 saturated heterocycles. The summed E-state index contributed by atoms with van der Waals surface area (Å²) in [5.41, 5.74) is 5.78. The number of nitrogens with one attached hydrogen (secondary N) is 1. The molecule has 3 aliphatic rings. The minimum atomic E-state index is -1.46. The second kappa shape index (κ2) is 13.5. The van der Waals surface area contributed by atoms with E-state index in [1.54, 1.807) is 5.38 Å². The van der Waals surface area contributed by atoms with Crippen molar-refractivity contribution >= 4 is 63.9 Å². The Hall–Kier alpha value is -3.66. The SMILES string of the molecule is CC(=O)OC(C(C)=O)C1=C(C(=O)OC(C)OC(=O)OC2CCCCC2)N2C(=O)[C@@H](NC(=O)Cc3csc(N)n3)[C@@H]2SC1. The second-order valence-electron chi connectivity index (χ2n) is 10.0. The number of hydrogen-bond donors (Lipinski definition) is 2. The highest BCUT2D eigenvalue weighted by atomic mass is 32.2. The Balaban J connectivity index is 1.49. The Kier molecular flexibility index (Phi) is 10.1. The van der Waals surface area contributed by atoms with E-state index >= 15 is 0 Å². The minimum absolute atomic E-state index is 0.00432. The monoisotopic (exact) mass is 624 g/mol. The number of amides is 2. The number of esters is 2. The van der Waals surface area contributed by atoms with Crippen molar-refractivity contribution in [3.63, 3.8) is 0 Å². The van der Waals surface area contributed by atoms with Crippen molar-refractivity contribution in [3.8, 4) is 0 Å². The van der Waals surface area contributed by atoms with Gasteiger partial charge in [0, 0.05) is 30.6 Å². The number of nitrogens with two attached hydrogens (primary N) is 1. The molecule has 2 aliphatic heterocycles. The van der Waals surface area contributed by atoms with Crippen molar-refractivity contribution in [2.75, 3.05) is 11.5 Å². The highest BCUT2D eigenvalue weighted by Crippen LogP contribution is 2.42. The molecule has 1 aromatic heterocycles. The fraction of sp³-hybridized carbons (Fsp3) is 0.577. The molecule has 0 spiro atoms. The number of fused-ring (bicyclic) bond motifs is 1. The van der Waals surface area contributed by atoms with Gasteiger partial charge in [-0.3, -0.25) is 24.1 Å². The summed E-state index contributed by atoms with van der Waals surface area (Å²) in [5, 5.41) is 3.87. The third kappa shape index (κ3) is 7.40. The first kappa shape index (κ1) is 31.3. The molecule has 0 aromatic carbocycles. The van der Waals surface area contributed by atoms with Gasteiger partial charge >= 0.3 is 18.1 Å². The number of nitrogen functional groups attached to an aromatic ring is 1. The minimum Gasteiger partial charge on any atom is -0.450 e. The number of aromatic nitrogens is 1. The van der Waals surface area contributed by atoms with E-state index in [2.05, 4.69) is 10.3 Å². The van der Waals surface area contributed by atoms with Crippen LogP contribution in [0.5, 0.6) is 0 Å². The van der Waals surface area contributed by atoms with Gasteiger partial charge in [0.15, 0.2) is 17.0 Å². The predicted molar refractivity (Wildman–Crippen MR) is 149 cm³/mol. The fourth-order valence-electron chi connectivity index (χ4n) is 4.90. The number of ketones is 1. The molecular formula is C26H32N4O10S2. The van der Waals surface area contributed by atoms with Gasteiger partial charge in [-0.15, -0.1) is 23.1 Å². The average Bonchev–Trinajstić information content (AvgIpc) is 3.33. The van der Waals surface area contributed by atoms with Gasteiger partial charge in [0.25, 0.3) is 5.91 Å². The molecule has 0 bridgehead atoms. The molecule has 16 heteroatoms. The molecule has 228 valence electrons. The number of thiazole rings is 1. The maximum Gasteiger partial charge on any atom is 0.511 e. The van der Waals surface area contributed by atoms with Crippen molar-refractivity contribution in [2.24, 2.45) is 0 Å². The lowest BCUT2D eigenvalue weighted by Crippen LogP contribution is -2.71. The summed E-state index contributed by atoms with van der Waals surface area (Å²) in [6, 6.07) is -0.980. The zero-order valence-electron chi connectivity index (χ0n) is 23.3. The topological polar surface area (TPSA) is 194 Å². The van der Waals surface area contributed by atoms with Gasteiger partial charge in [0.05, 0.1) is 12.1 Å². The smallest absolute Gasteiger partial charge is 0.450 e. The molecule has 1 aromatic rings. The van der Waals surface area contributed by atoms with Crippen molar-refractivity contribution in [1.29, 1.82) is 0 Å². The van der Waals surface area contributed by atoms with Gasteiger partial charge in [-0.1, -0.05) is 6.42 Å². The fourth-order valence-corrected chi connectivity index (χ4v) is 6.84. The highest BCUT2D eigenvalue weighted by molar-refractivity contribution is 8.00. The molecule has 0 radical (unpaired) electrons. The van der Waals surface area contributed by atoms with Crippen LogP contribution in [-0.2, 0) is 49.3 Å². The first-order valence-corrected chi connectivity index (χ1v) is 15.3. The summed E-state index contributed by atoms with van der Waals surface area (Å²) in [6.45, 7) is 3.59. The molecule has 42 heavy (non-hydrogen) atoms. The van der Waals surface area contributed by atoms with E-state index in [9.17, 15) is 28.8 Å². The largest absolute Gasteiger partial charge is 0.511 e. The Labute approximate surface area is 249 Å². The van der Waals surface area contributed by atoms with Crippen LogP contribution >= 0.6 is 23.1 Å². The molecule has 2 unspecified atom stereocenters. The first-order chi connectivity index (χ1) is 19.9. The van der Waals surface area contributed by atoms with E-state index in [1.807, 2.05) is 0 Å². The molecule has 3 N–H and O–H groups in total. The number of carbonyl (C=O) groups excluding carboxylic acids is 6. The third-order valence-electron chi connectivity index (χ3n) is 6.74.